The molecule has 0 amide bonds. The minimum absolute atomic E-state index is 0.0772. The second-order valence-electron chi connectivity index (χ2n) is 3.35. The van der Waals surface area contributed by atoms with E-state index in [0.717, 1.165) is 4.47 Å². The largest absolute Gasteiger partial charge is 0.460 e. The number of fused-ring (bicyclic) bond motifs is 1. The Kier molecular flexibility index (Phi) is 3.28. The molecular formula is C12H9BrO4. The Morgan fingerprint density at radius 3 is 2.88 bits per heavy atom. The van der Waals surface area contributed by atoms with Crippen LogP contribution in [-0.4, -0.2) is 12.6 Å². The second kappa shape index (κ2) is 4.71. The molecule has 4 nitrogen and oxygen atoms in total. The normalized spacial score (nSPS) is 10.5. The molecule has 0 bridgehead atoms. The molecule has 88 valence electrons. The molecule has 1 aromatic heterocycles. The third kappa shape index (κ3) is 2.39. The summed E-state index contributed by atoms with van der Waals surface area (Å²) in [5.74, 6) is -0.707. The summed E-state index contributed by atoms with van der Waals surface area (Å²) in [6.45, 7) is 1.93. The van der Waals surface area contributed by atoms with Crippen molar-refractivity contribution >= 4 is 32.7 Å². The minimum atomic E-state index is -0.630. The van der Waals surface area contributed by atoms with Gasteiger partial charge in [0, 0.05) is 4.47 Å². The first-order chi connectivity index (χ1) is 8.11. The summed E-state index contributed by atoms with van der Waals surface area (Å²) in [6, 6.07) is 6.67. The van der Waals surface area contributed by atoms with E-state index >= 15 is 0 Å². The fourth-order valence-corrected chi connectivity index (χ4v) is 1.82. The Hall–Kier alpha value is -1.62. The molecule has 0 spiro atoms. The topological polar surface area (TPSA) is 56.5 Å². The zero-order chi connectivity index (χ0) is 12.4. The first-order valence-electron chi connectivity index (χ1n) is 5.02. The minimum Gasteiger partial charge on any atom is -0.460 e. The van der Waals surface area contributed by atoms with Gasteiger partial charge in [0.05, 0.1) is 12.0 Å². The average molecular weight is 297 g/mol. The van der Waals surface area contributed by atoms with E-state index in [1.807, 2.05) is 0 Å². The van der Waals surface area contributed by atoms with Crippen LogP contribution in [0, 0.1) is 0 Å². The predicted molar refractivity (Wildman–Crippen MR) is 66.1 cm³/mol. The van der Waals surface area contributed by atoms with Crippen LogP contribution >= 0.6 is 15.9 Å². The third-order valence-electron chi connectivity index (χ3n) is 2.20. The summed E-state index contributed by atoms with van der Waals surface area (Å²) in [6.07, 6.45) is 0. The van der Waals surface area contributed by atoms with E-state index in [-0.39, 0.29) is 12.4 Å². The van der Waals surface area contributed by atoms with Crippen molar-refractivity contribution < 1.29 is 13.9 Å². The van der Waals surface area contributed by atoms with E-state index in [4.69, 9.17) is 9.15 Å². The Morgan fingerprint density at radius 2 is 2.18 bits per heavy atom. The molecule has 2 aromatic rings. The van der Waals surface area contributed by atoms with E-state index in [2.05, 4.69) is 15.9 Å². The van der Waals surface area contributed by atoms with Crippen LogP contribution in [-0.2, 0) is 4.74 Å². The smallest absolute Gasteiger partial charge is 0.374 e. The molecule has 0 aliphatic carbocycles. The number of halogens is 1. The molecule has 0 saturated heterocycles. The van der Waals surface area contributed by atoms with Gasteiger partial charge in [0.2, 0.25) is 5.76 Å². The number of carbonyl (C=O) groups is 1. The zero-order valence-electron chi connectivity index (χ0n) is 9.03. The van der Waals surface area contributed by atoms with Gasteiger partial charge in [0.1, 0.15) is 0 Å². The van der Waals surface area contributed by atoms with Gasteiger partial charge >= 0.3 is 11.6 Å². The van der Waals surface area contributed by atoms with Crippen molar-refractivity contribution in [1.82, 2.24) is 0 Å². The molecule has 0 saturated carbocycles. The maximum atomic E-state index is 11.7. The summed E-state index contributed by atoms with van der Waals surface area (Å²) in [5.41, 5.74) is -0.549. The summed E-state index contributed by atoms with van der Waals surface area (Å²) in [5, 5.41) is 1.07. The van der Waals surface area contributed by atoms with Crippen molar-refractivity contribution in [3.05, 3.63) is 44.9 Å². The lowest BCUT2D eigenvalue weighted by molar-refractivity contribution is 0.0485. The number of carbonyl (C=O) groups excluding carboxylic acids is 1. The van der Waals surface area contributed by atoms with Crippen LogP contribution in [0.2, 0.25) is 0 Å². The molecule has 1 heterocycles. The molecule has 17 heavy (non-hydrogen) atoms. The van der Waals surface area contributed by atoms with Gasteiger partial charge < -0.3 is 9.15 Å². The lowest BCUT2D eigenvalue weighted by atomic mass is 10.2. The highest BCUT2D eigenvalue weighted by atomic mass is 79.9. The molecule has 0 aliphatic rings. The van der Waals surface area contributed by atoms with Crippen LogP contribution in [0.5, 0.6) is 0 Å². The summed E-state index contributed by atoms with van der Waals surface area (Å²) in [7, 11) is 0. The monoisotopic (exact) mass is 296 g/mol. The number of esters is 1. The fraction of sp³-hybridized carbons (Fsp3) is 0.167. The average Bonchev–Trinajstić information content (AvgIpc) is 2.30. The number of rotatable bonds is 2. The van der Waals surface area contributed by atoms with Gasteiger partial charge in [-0.2, -0.15) is 0 Å². The molecule has 0 fully saturated rings. The third-order valence-corrected chi connectivity index (χ3v) is 2.69. The van der Waals surface area contributed by atoms with E-state index in [0.29, 0.717) is 10.8 Å². The van der Waals surface area contributed by atoms with Crippen LogP contribution in [0.25, 0.3) is 10.8 Å². The zero-order valence-corrected chi connectivity index (χ0v) is 10.6. The molecule has 0 N–H and O–H groups in total. The first-order valence-corrected chi connectivity index (χ1v) is 5.81. The Bertz CT molecular complexity index is 630. The van der Waals surface area contributed by atoms with Crippen molar-refractivity contribution in [1.29, 1.82) is 0 Å². The van der Waals surface area contributed by atoms with Crippen molar-refractivity contribution in [2.24, 2.45) is 0 Å². The van der Waals surface area contributed by atoms with Gasteiger partial charge in [-0.1, -0.05) is 22.0 Å². The highest BCUT2D eigenvalue weighted by molar-refractivity contribution is 9.10. The standard InChI is InChI=1S/C12H9BrO4/c1-2-16-12(15)10-5-7-3-4-8(13)6-9(7)11(14)17-10/h3-6H,2H2,1H3. The predicted octanol–water partition coefficient (Wildman–Crippen LogP) is 2.73. The summed E-state index contributed by atoms with van der Waals surface area (Å²) >= 11 is 3.27. The van der Waals surface area contributed by atoms with E-state index in [9.17, 15) is 9.59 Å². The summed E-state index contributed by atoms with van der Waals surface area (Å²) in [4.78, 5) is 23.1. The van der Waals surface area contributed by atoms with Crippen LogP contribution in [0.1, 0.15) is 17.5 Å². The van der Waals surface area contributed by atoms with Crippen LogP contribution in [0.3, 0.4) is 0 Å². The fourth-order valence-electron chi connectivity index (χ4n) is 1.46. The Balaban J connectivity index is 2.60. The number of ether oxygens (including phenoxy) is 1. The quantitative estimate of drug-likeness (QED) is 0.800. The van der Waals surface area contributed by atoms with Gasteiger partial charge in [-0.15, -0.1) is 0 Å². The molecule has 0 atom stereocenters. The molecule has 1 aromatic carbocycles. The number of hydrogen-bond acceptors (Lipinski definition) is 4. The van der Waals surface area contributed by atoms with Gasteiger partial charge in [-0.25, -0.2) is 9.59 Å². The van der Waals surface area contributed by atoms with Crippen molar-refractivity contribution in [2.75, 3.05) is 6.61 Å². The van der Waals surface area contributed by atoms with Crippen molar-refractivity contribution in [2.45, 2.75) is 6.92 Å². The maximum absolute atomic E-state index is 11.7. The van der Waals surface area contributed by atoms with Crippen LogP contribution < -0.4 is 5.63 Å². The van der Waals surface area contributed by atoms with Gasteiger partial charge in [-0.05, 0) is 30.5 Å². The molecule has 5 heteroatoms. The van der Waals surface area contributed by atoms with E-state index in [1.165, 1.54) is 6.07 Å². The second-order valence-corrected chi connectivity index (χ2v) is 4.27. The lowest BCUT2D eigenvalue weighted by Gasteiger charge is -2.02. The number of benzene rings is 1. The molecule has 2 rings (SSSR count). The highest BCUT2D eigenvalue weighted by Gasteiger charge is 2.12. The maximum Gasteiger partial charge on any atom is 0.374 e. The highest BCUT2D eigenvalue weighted by Crippen LogP contribution is 2.18. The molecule has 0 radical (unpaired) electrons. The van der Waals surface area contributed by atoms with E-state index < -0.39 is 11.6 Å². The Labute approximate surface area is 105 Å². The molecule has 0 unspecified atom stereocenters. The van der Waals surface area contributed by atoms with Gasteiger partial charge in [-0.3, -0.25) is 0 Å². The Morgan fingerprint density at radius 1 is 1.41 bits per heavy atom. The SMILES string of the molecule is CCOC(=O)c1cc2ccc(Br)cc2c(=O)o1. The summed E-state index contributed by atoms with van der Waals surface area (Å²) < 4.78 is 10.5. The van der Waals surface area contributed by atoms with Gasteiger partial charge in [0.25, 0.3) is 0 Å². The van der Waals surface area contributed by atoms with Crippen LogP contribution in [0.15, 0.2) is 37.9 Å². The van der Waals surface area contributed by atoms with Gasteiger partial charge in [0.15, 0.2) is 0 Å². The lowest BCUT2D eigenvalue weighted by Crippen LogP contribution is -2.09. The van der Waals surface area contributed by atoms with Crippen molar-refractivity contribution in [3.63, 3.8) is 0 Å². The van der Waals surface area contributed by atoms with Crippen molar-refractivity contribution in [3.8, 4) is 0 Å². The van der Waals surface area contributed by atoms with E-state index in [1.54, 1.807) is 25.1 Å². The number of hydrogen-bond donors (Lipinski definition) is 0. The molecule has 0 aliphatic heterocycles. The first kappa shape index (κ1) is 11.9. The molecular weight excluding hydrogens is 288 g/mol. The van der Waals surface area contributed by atoms with Crippen LogP contribution in [0.4, 0.5) is 0 Å².